The Morgan fingerprint density at radius 1 is 1.25 bits per heavy atom. The Kier molecular flexibility index (Phi) is 2.95. The summed E-state index contributed by atoms with van der Waals surface area (Å²) in [6.07, 6.45) is -7.12. The Balaban J connectivity index is 4.43. The van der Waals surface area contributed by atoms with Crippen LogP contribution in [-0.2, 0) is 4.79 Å². The van der Waals surface area contributed by atoms with E-state index >= 15 is 0 Å². The summed E-state index contributed by atoms with van der Waals surface area (Å²) in [6.45, 7) is 2.78. The third-order valence-corrected chi connectivity index (χ3v) is 1.04. The van der Waals surface area contributed by atoms with Crippen LogP contribution in [-0.4, -0.2) is 17.9 Å². The zero-order valence-electron chi connectivity index (χ0n) is 5.79. The zero-order valence-corrected chi connectivity index (χ0v) is 5.79. The van der Waals surface area contributed by atoms with Crippen LogP contribution >= 0.6 is 0 Å². The number of hydrogen-bond acceptors (Lipinski definition) is 1. The van der Waals surface area contributed by atoms with Gasteiger partial charge in [0.25, 0.3) is 0 Å². The number of carbonyl (C=O) groups is 1. The minimum Gasteiger partial charge on any atom is -0.295 e. The molecule has 0 atom stereocenters. The fraction of sp³-hybridized carbons (Fsp3) is 0.500. The molecule has 0 rings (SSSR count). The summed E-state index contributed by atoms with van der Waals surface area (Å²) in [4.78, 5) is 10.2. The molecule has 0 saturated carbocycles. The molecule has 0 aliphatic rings. The summed E-state index contributed by atoms with van der Waals surface area (Å²) in [6, 6.07) is 0. The van der Waals surface area contributed by atoms with Crippen molar-refractivity contribution in [3.8, 4) is 0 Å². The molecular weight excluding hydrogens is 183 g/mol. The molecule has 0 amide bonds. The summed E-state index contributed by atoms with van der Waals surface area (Å²) >= 11 is 0. The van der Waals surface area contributed by atoms with Crippen LogP contribution in [0.25, 0.3) is 0 Å². The average molecular weight is 188 g/mol. The predicted molar refractivity (Wildman–Crippen MR) is 30.8 cm³/mol. The molecule has 0 radical (unpaired) electrons. The lowest BCUT2D eigenvalue weighted by Gasteiger charge is -2.17. The second-order valence-corrected chi connectivity index (χ2v) is 2.05. The van der Waals surface area contributed by atoms with Crippen molar-refractivity contribution in [2.45, 2.75) is 18.5 Å². The second-order valence-electron chi connectivity index (χ2n) is 2.05. The van der Waals surface area contributed by atoms with Gasteiger partial charge >= 0.3 is 12.1 Å². The van der Waals surface area contributed by atoms with Crippen molar-refractivity contribution in [1.82, 2.24) is 0 Å². The molecule has 0 aromatic heterocycles. The molecule has 0 aromatic rings. The molecule has 6 heteroatoms. The van der Waals surface area contributed by atoms with Gasteiger partial charge in [-0.05, 0) is 6.08 Å². The van der Waals surface area contributed by atoms with Crippen LogP contribution in [0.4, 0.5) is 22.0 Å². The van der Waals surface area contributed by atoms with Gasteiger partial charge in [0, 0.05) is 0 Å². The molecular formula is C6H5F5O. The number of alkyl halides is 5. The Morgan fingerprint density at radius 2 is 1.67 bits per heavy atom. The van der Waals surface area contributed by atoms with E-state index < -0.39 is 24.3 Å². The summed E-state index contributed by atoms with van der Waals surface area (Å²) in [7, 11) is 0. The van der Waals surface area contributed by atoms with E-state index in [2.05, 4.69) is 6.58 Å². The standard InChI is InChI=1S/C6H5F5O/c1-2-4(12)3-5(7,8)6(9,10)11/h2H,1,3H2. The number of hydrogen-bond donors (Lipinski definition) is 0. The van der Waals surface area contributed by atoms with Gasteiger partial charge in [0.05, 0.1) is 6.42 Å². The van der Waals surface area contributed by atoms with Crippen molar-refractivity contribution in [3.05, 3.63) is 12.7 Å². The SMILES string of the molecule is C=CC(=O)CC(F)(F)C(F)(F)F. The molecule has 0 aromatic carbocycles. The first-order chi connectivity index (χ1) is 5.20. The van der Waals surface area contributed by atoms with Crippen molar-refractivity contribution in [2.24, 2.45) is 0 Å². The second kappa shape index (κ2) is 3.20. The van der Waals surface area contributed by atoms with Crippen molar-refractivity contribution in [1.29, 1.82) is 0 Å². The van der Waals surface area contributed by atoms with E-state index in [1.54, 1.807) is 0 Å². The van der Waals surface area contributed by atoms with E-state index in [1.165, 1.54) is 0 Å². The topological polar surface area (TPSA) is 17.1 Å². The van der Waals surface area contributed by atoms with Crippen molar-refractivity contribution < 1.29 is 26.7 Å². The molecule has 70 valence electrons. The van der Waals surface area contributed by atoms with Crippen LogP contribution in [0.1, 0.15) is 6.42 Å². The molecule has 0 unspecified atom stereocenters. The lowest BCUT2D eigenvalue weighted by Crippen LogP contribution is -2.38. The Hall–Kier alpha value is -0.940. The van der Waals surface area contributed by atoms with E-state index in [4.69, 9.17) is 0 Å². The summed E-state index contributed by atoms with van der Waals surface area (Å²) < 4.78 is 58.1. The smallest absolute Gasteiger partial charge is 0.295 e. The van der Waals surface area contributed by atoms with Crippen LogP contribution in [0.3, 0.4) is 0 Å². The zero-order chi connectivity index (χ0) is 9.99. The fourth-order valence-electron chi connectivity index (χ4n) is 0.391. The van der Waals surface area contributed by atoms with Gasteiger partial charge in [-0.3, -0.25) is 4.79 Å². The van der Waals surface area contributed by atoms with Crippen molar-refractivity contribution in [2.75, 3.05) is 0 Å². The van der Waals surface area contributed by atoms with Gasteiger partial charge in [0.1, 0.15) is 0 Å². The highest BCUT2D eigenvalue weighted by atomic mass is 19.4. The van der Waals surface area contributed by atoms with Crippen molar-refractivity contribution in [3.63, 3.8) is 0 Å². The molecule has 0 aliphatic heterocycles. The summed E-state index contributed by atoms with van der Waals surface area (Å²) in [5.74, 6) is -6.30. The van der Waals surface area contributed by atoms with E-state index in [-0.39, 0.29) is 0 Å². The maximum Gasteiger partial charge on any atom is 0.453 e. The van der Waals surface area contributed by atoms with Gasteiger partial charge in [-0.25, -0.2) is 0 Å². The molecule has 0 aliphatic carbocycles. The Morgan fingerprint density at radius 3 is 1.92 bits per heavy atom. The molecule has 0 saturated heterocycles. The molecule has 0 spiro atoms. The Labute approximate surface area is 64.9 Å². The van der Waals surface area contributed by atoms with Crippen LogP contribution in [0, 0.1) is 0 Å². The average Bonchev–Trinajstić information content (AvgIpc) is 1.84. The number of ketones is 1. The first-order valence-corrected chi connectivity index (χ1v) is 2.80. The number of rotatable bonds is 3. The van der Waals surface area contributed by atoms with Gasteiger partial charge in [-0.15, -0.1) is 0 Å². The highest BCUT2D eigenvalue weighted by molar-refractivity contribution is 5.89. The number of carbonyl (C=O) groups excluding carboxylic acids is 1. The molecule has 12 heavy (non-hydrogen) atoms. The van der Waals surface area contributed by atoms with Crippen LogP contribution in [0.2, 0.25) is 0 Å². The van der Waals surface area contributed by atoms with Crippen LogP contribution < -0.4 is 0 Å². The third kappa shape index (κ3) is 2.60. The quantitative estimate of drug-likeness (QED) is 0.490. The van der Waals surface area contributed by atoms with Gasteiger partial charge in [-0.1, -0.05) is 6.58 Å². The van der Waals surface area contributed by atoms with Gasteiger partial charge in [0.2, 0.25) is 0 Å². The lowest BCUT2D eigenvalue weighted by molar-refractivity contribution is -0.281. The monoisotopic (exact) mass is 188 g/mol. The van der Waals surface area contributed by atoms with E-state index in [1.807, 2.05) is 0 Å². The highest BCUT2D eigenvalue weighted by Gasteiger charge is 2.57. The van der Waals surface area contributed by atoms with Gasteiger partial charge in [0.15, 0.2) is 5.78 Å². The van der Waals surface area contributed by atoms with Gasteiger partial charge in [-0.2, -0.15) is 22.0 Å². The first kappa shape index (κ1) is 11.1. The maximum absolute atomic E-state index is 12.0. The first-order valence-electron chi connectivity index (χ1n) is 2.80. The third-order valence-electron chi connectivity index (χ3n) is 1.04. The van der Waals surface area contributed by atoms with E-state index in [0.717, 1.165) is 0 Å². The lowest BCUT2D eigenvalue weighted by atomic mass is 10.1. The minimum atomic E-state index is -5.67. The van der Waals surface area contributed by atoms with E-state index in [0.29, 0.717) is 6.08 Å². The summed E-state index contributed by atoms with van der Waals surface area (Å²) in [5.41, 5.74) is 0. The molecule has 0 fully saturated rings. The summed E-state index contributed by atoms with van der Waals surface area (Å²) in [5, 5.41) is 0. The fourth-order valence-corrected chi connectivity index (χ4v) is 0.391. The largest absolute Gasteiger partial charge is 0.453 e. The van der Waals surface area contributed by atoms with Gasteiger partial charge < -0.3 is 0 Å². The van der Waals surface area contributed by atoms with Crippen LogP contribution in [0.5, 0.6) is 0 Å². The molecule has 0 bridgehead atoms. The number of halogens is 5. The van der Waals surface area contributed by atoms with E-state index in [9.17, 15) is 26.7 Å². The highest BCUT2D eigenvalue weighted by Crippen LogP contribution is 2.38. The minimum absolute atomic E-state index is 0.430. The molecule has 0 N–H and O–H groups in total. The molecule has 1 nitrogen and oxygen atoms in total. The normalized spacial score (nSPS) is 12.8. The van der Waals surface area contributed by atoms with Crippen LogP contribution in [0.15, 0.2) is 12.7 Å². The Bertz CT molecular complexity index is 193. The maximum atomic E-state index is 12.0. The van der Waals surface area contributed by atoms with Crippen molar-refractivity contribution >= 4 is 5.78 Å². The number of allylic oxidation sites excluding steroid dienone is 1. The predicted octanol–water partition coefficient (Wildman–Crippen LogP) is 2.33. The molecule has 0 heterocycles.